The van der Waals surface area contributed by atoms with Gasteiger partial charge in [0.05, 0.1) is 11.4 Å². The molecule has 0 aromatic heterocycles. The van der Waals surface area contributed by atoms with Gasteiger partial charge in [0, 0.05) is 23.8 Å². The van der Waals surface area contributed by atoms with Crippen LogP contribution >= 0.6 is 23.4 Å². The third kappa shape index (κ3) is 5.78. The molecule has 136 valence electrons. The standard InChI is InChI=1S/C20H22ClN3OS/c21-16-9-11-18(12-10-16)22-19(25)15-26-20(24-13-5-2-6-14-24)23-17-7-3-1-4-8-17/h1,3-4,7-12H,2,5-6,13-15H2,(H,22,25). The lowest BCUT2D eigenvalue weighted by molar-refractivity contribution is -0.113. The van der Waals surface area contributed by atoms with E-state index in [9.17, 15) is 4.79 Å². The topological polar surface area (TPSA) is 44.7 Å². The predicted octanol–water partition coefficient (Wildman–Crippen LogP) is 5.19. The number of carbonyl (C=O) groups excluding carboxylic acids is 1. The second-order valence-electron chi connectivity index (χ2n) is 6.12. The Kier molecular flexibility index (Phi) is 6.97. The molecule has 0 unspecified atom stereocenters. The summed E-state index contributed by atoms with van der Waals surface area (Å²) in [6.07, 6.45) is 3.60. The number of amides is 1. The smallest absolute Gasteiger partial charge is 0.234 e. The fraction of sp³-hybridized carbons (Fsp3) is 0.300. The SMILES string of the molecule is O=C(CSC(=Nc1ccccc1)N1CCCCC1)Nc1ccc(Cl)cc1. The van der Waals surface area contributed by atoms with E-state index in [0.29, 0.717) is 10.8 Å². The van der Waals surface area contributed by atoms with Crippen molar-refractivity contribution in [2.75, 3.05) is 24.2 Å². The van der Waals surface area contributed by atoms with Crippen molar-refractivity contribution in [2.45, 2.75) is 19.3 Å². The average Bonchev–Trinajstić information content (AvgIpc) is 2.68. The highest BCUT2D eigenvalue weighted by Gasteiger charge is 2.17. The molecule has 3 rings (SSSR count). The Morgan fingerprint density at radius 3 is 2.42 bits per heavy atom. The van der Waals surface area contributed by atoms with E-state index in [2.05, 4.69) is 10.2 Å². The fourth-order valence-corrected chi connectivity index (χ4v) is 3.75. The van der Waals surface area contributed by atoms with Crippen molar-refractivity contribution in [1.29, 1.82) is 0 Å². The number of halogens is 1. The zero-order valence-corrected chi connectivity index (χ0v) is 16.1. The summed E-state index contributed by atoms with van der Waals surface area (Å²) in [6, 6.07) is 17.0. The molecule has 0 atom stereocenters. The lowest BCUT2D eigenvalue weighted by Crippen LogP contribution is -2.34. The lowest BCUT2D eigenvalue weighted by Gasteiger charge is -2.29. The minimum atomic E-state index is -0.0462. The summed E-state index contributed by atoms with van der Waals surface area (Å²) in [5.74, 6) is 0.278. The minimum Gasteiger partial charge on any atom is -0.351 e. The Hall–Kier alpha value is -1.98. The van der Waals surface area contributed by atoms with Crippen LogP contribution in [-0.4, -0.2) is 34.8 Å². The van der Waals surface area contributed by atoms with Crippen LogP contribution in [0.2, 0.25) is 5.02 Å². The molecule has 2 aromatic carbocycles. The molecular weight excluding hydrogens is 366 g/mol. The van der Waals surface area contributed by atoms with Crippen LogP contribution < -0.4 is 5.32 Å². The number of hydrogen-bond donors (Lipinski definition) is 1. The van der Waals surface area contributed by atoms with E-state index < -0.39 is 0 Å². The van der Waals surface area contributed by atoms with Crippen LogP contribution in [-0.2, 0) is 4.79 Å². The maximum atomic E-state index is 12.3. The molecular formula is C20H22ClN3OS. The van der Waals surface area contributed by atoms with E-state index in [1.54, 1.807) is 24.3 Å². The van der Waals surface area contributed by atoms with Crippen molar-refractivity contribution in [3.63, 3.8) is 0 Å². The van der Waals surface area contributed by atoms with Crippen LogP contribution in [0.5, 0.6) is 0 Å². The molecule has 0 aliphatic carbocycles. The molecule has 1 aliphatic heterocycles. The quantitative estimate of drug-likeness (QED) is 0.580. The first-order valence-corrected chi connectivity index (χ1v) is 10.1. The van der Waals surface area contributed by atoms with Crippen molar-refractivity contribution < 1.29 is 4.79 Å². The van der Waals surface area contributed by atoms with Gasteiger partial charge in [-0.3, -0.25) is 4.79 Å². The van der Waals surface area contributed by atoms with Gasteiger partial charge < -0.3 is 10.2 Å². The number of carbonyl (C=O) groups is 1. The first-order valence-electron chi connectivity index (χ1n) is 8.77. The third-order valence-electron chi connectivity index (χ3n) is 4.07. The van der Waals surface area contributed by atoms with Gasteiger partial charge >= 0.3 is 0 Å². The normalized spacial score (nSPS) is 15.0. The highest BCUT2D eigenvalue weighted by atomic mass is 35.5. The van der Waals surface area contributed by atoms with Gasteiger partial charge in [-0.15, -0.1) is 0 Å². The molecule has 1 saturated heterocycles. The van der Waals surface area contributed by atoms with Crippen molar-refractivity contribution >= 4 is 45.8 Å². The van der Waals surface area contributed by atoms with Gasteiger partial charge in [0.15, 0.2) is 5.17 Å². The van der Waals surface area contributed by atoms with Gasteiger partial charge in [0.25, 0.3) is 0 Å². The van der Waals surface area contributed by atoms with Crippen molar-refractivity contribution in [2.24, 2.45) is 4.99 Å². The molecule has 0 radical (unpaired) electrons. The van der Waals surface area contributed by atoms with E-state index in [1.165, 1.54) is 31.0 Å². The third-order valence-corrected chi connectivity index (χ3v) is 5.33. The van der Waals surface area contributed by atoms with Gasteiger partial charge in [-0.2, -0.15) is 0 Å². The molecule has 0 saturated carbocycles. The first kappa shape index (κ1) is 18.8. The Balaban J connectivity index is 1.64. The summed E-state index contributed by atoms with van der Waals surface area (Å²) in [4.78, 5) is 19.4. The number of amidine groups is 1. The lowest BCUT2D eigenvalue weighted by atomic mass is 10.1. The minimum absolute atomic E-state index is 0.0462. The Morgan fingerprint density at radius 2 is 1.73 bits per heavy atom. The molecule has 4 nitrogen and oxygen atoms in total. The van der Waals surface area contributed by atoms with Crippen LogP contribution in [0.1, 0.15) is 19.3 Å². The van der Waals surface area contributed by atoms with Gasteiger partial charge in [-0.25, -0.2) is 4.99 Å². The molecule has 2 aromatic rings. The Morgan fingerprint density at radius 1 is 1.04 bits per heavy atom. The van der Waals surface area contributed by atoms with E-state index in [0.717, 1.165) is 29.6 Å². The van der Waals surface area contributed by atoms with Crippen molar-refractivity contribution in [1.82, 2.24) is 4.90 Å². The predicted molar refractivity (Wildman–Crippen MR) is 112 cm³/mol. The van der Waals surface area contributed by atoms with E-state index >= 15 is 0 Å². The number of nitrogens with one attached hydrogen (secondary N) is 1. The average molecular weight is 388 g/mol. The molecule has 1 N–H and O–H groups in total. The highest BCUT2D eigenvalue weighted by Crippen LogP contribution is 2.21. The fourth-order valence-electron chi connectivity index (χ4n) is 2.75. The maximum absolute atomic E-state index is 12.3. The number of para-hydroxylation sites is 1. The van der Waals surface area contributed by atoms with Crippen LogP contribution in [0.15, 0.2) is 59.6 Å². The molecule has 0 spiro atoms. The van der Waals surface area contributed by atoms with E-state index in [-0.39, 0.29) is 5.91 Å². The van der Waals surface area contributed by atoms with Crippen LogP contribution in [0, 0.1) is 0 Å². The number of thioether (sulfide) groups is 1. The van der Waals surface area contributed by atoms with Gasteiger partial charge in [0.2, 0.25) is 5.91 Å². The van der Waals surface area contributed by atoms with Gasteiger partial charge in [0.1, 0.15) is 0 Å². The molecule has 1 heterocycles. The number of rotatable bonds is 4. The summed E-state index contributed by atoms with van der Waals surface area (Å²) in [6.45, 7) is 1.99. The summed E-state index contributed by atoms with van der Waals surface area (Å²) in [5.41, 5.74) is 1.67. The van der Waals surface area contributed by atoms with Crippen LogP contribution in [0.25, 0.3) is 0 Å². The summed E-state index contributed by atoms with van der Waals surface area (Å²) in [5, 5.41) is 4.47. The molecule has 1 amide bonds. The summed E-state index contributed by atoms with van der Waals surface area (Å²) in [7, 11) is 0. The second-order valence-corrected chi connectivity index (χ2v) is 7.50. The summed E-state index contributed by atoms with van der Waals surface area (Å²) >= 11 is 7.37. The zero-order valence-electron chi connectivity index (χ0n) is 14.5. The zero-order chi connectivity index (χ0) is 18.2. The number of hydrogen-bond acceptors (Lipinski definition) is 3. The highest BCUT2D eigenvalue weighted by molar-refractivity contribution is 8.14. The number of benzene rings is 2. The Bertz CT molecular complexity index is 743. The maximum Gasteiger partial charge on any atom is 0.234 e. The number of anilines is 1. The number of aliphatic imine (C=N–C) groups is 1. The molecule has 6 heteroatoms. The summed E-state index contributed by atoms with van der Waals surface area (Å²) < 4.78 is 0. The molecule has 0 bridgehead atoms. The number of likely N-dealkylation sites (tertiary alicyclic amines) is 1. The van der Waals surface area contributed by atoms with Crippen LogP contribution in [0.3, 0.4) is 0 Å². The first-order chi connectivity index (χ1) is 12.7. The largest absolute Gasteiger partial charge is 0.351 e. The molecule has 26 heavy (non-hydrogen) atoms. The number of piperidine rings is 1. The molecule has 1 aliphatic rings. The van der Waals surface area contributed by atoms with Gasteiger partial charge in [-0.1, -0.05) is 41.6 Å². The second kappa shape index (κ2) is 9.64. The number of nitrogens with zero attached hydrogens (tertiary/aromatic N) is 2. The van der Waals surface area contributed by atoms with Crippen LogP contribution in [0.4, 0.5) is 11.4 Å². The van der Waals surface area contributed by atoms with E-state index in [1.807, 2.05) is 30.3 Å². The van der Waals surface area contributed by atoms with E-state index in [4.69, 9.17) is 16.6 Å². The molecule has 1 fully saturated rings. The Labute approximate surface area is 163 Å². The van der Waals surface area contributed by atoms with Crippen molar-refractivity contribution in [3.8, 4) is 0 Å². The van der Waals surface area contributed by atoms with Crippen molar-refractivity contribution in [3.05, 3.63) is 59.6 Å². The monoisotopic (exact) mass is 387 g/mol. The van der Waals surface area contributed by atoms with Gasteiger partial charge in [-0.05, 0) is 55.7 Å².